The van der Waals surface area contributed by atoms with Crippen LogP contribution < -0.4 is 5.01 Å². The zero-order valence-electron chi connectivity index (χ0n) is 18.2. The summed E-state index contributed by atoms with van der Waals surface area (Å²) in [5.41, 5.74) is 2.08. The monoisotopic (exact) mass is 522 g/mol. The van der Waals surface area contributed by atoms with E-state index in [-0.39, 0.29) is 12.2 Å². The van der Waals surface area contributed by atoms with Gasteiger partial charge in [0.15, 0.2) is 0 Å². The first-order chi connectivity index (χ1) is 16.3. The predicted molar refractivity (Wildman–Crippen MR) is 130 cm³/mol. The molecule has 0 aliphatic carbocycles. The van der Waals surface area contributed by atoms with Crippen molar-refractivity contribution in [2.75, 3.05) is 11.6 Å². The maximum absolute atomic E-state index is 13.0. The Bertz CT molecular complexity index is 1370. The van der Waals surface area contributed by atoms with Gasteiger partial charge in [-0.15, -0.1) is 0 Å². The smallest absolute Gasteiger partial charge is 0.338 e. The Labute approximate surface area is 203 Å². The van der Waals surface area contributed by atoms with E-state index in [0.717, 1.165) is 9.48 Å². The van der Waals surface area contributed by atoms with Gasteiger partial charge in [0.1, 0.15) is 11.5 Å². The Morgan fingerprint density at radius 3 is 2.71 bits per heavy atom. The minimum Gasteiger partial charge on any atom is -0.478 e. The lowest BCUT2D eigenvalue weighted by atomic mass is 10.1. The van der Waals surface area contributed by atoms with E-state index in [2.05, 4.69) is 21.0 Å². The molecule has 0 unspecified atom stereocenters. The number of carboxylic acid groups (broad SMARTS) is 1. The van der Waals surface area contributed by atoms with E-state index in [4.69, 9.17) is 9.15 Å². The van der Waals surface area contributed by atoms with Crippen LogP contribution in [0.1, 0.15) is 40.3 Å². The molecule has 3 aromatic rings. The van der Waals surface area contributed by atoms with Crippen molar-refractivity contribution in [3.05, 3.63) is 81.5 Å². The lowest BCUT2D eigenvalue weighted by Crippen LogP contribution is -2.21. The van der Waals surface area contributed by atoms with Gasteiger partial charge < -0.3 is 14.3 Å². The molecular formula is C25H19BrN2O6. The molecule has 0 atom stereocenters. The van der Waals surface area contributed by atoms with Gasteiger partial charge in [-0.1, -0.05) is 22.0 Å². The van der Waals surface area contributed by atoms with Crippen LogP contribution >= 0.6 is 15.9 Å². The number of benzene rings is 2. The van der Waals surface area contributed by atoms with Crippen LogP contribution in [0, 0.1) is 0 Å². The normalized spacial score (nSPS) is 14.4. The summed E-state index contributed by atoms with van der Waals surface area (Å²) in [5, 5.41) is 14.7. The van der Waals surface area contributed by atoms with E-state index in [1.165, 1.54) is 12.1 Å². The van der Waals surface area contributed by atoms with Crippen molar-refractivity contribution in [2.45, 2.75) is 13.8 Å². The molecule has 1 aromatic heterocycles. The highest BCUT2D eigenvalue weighted by atomic mass is 79.9. The molecule has 4 rings (SSSR count). The average Bonchev–Trinajstić information content (AvgIpc) is 3.39. The van der Waals surface area contributed by atoms with Crippen LogP contribution in [0.2, 0.25) is 0 Å². The number of carbonyl (C=O) groups excluding carboxylic acids is 2. The van der Waals surface area contributed by atoms with Gasteiger partial charge in [-0.05, 0) is 68.5 Å². The van der Waals surface area contributed by atoms with Crippen molar-refractivity contribution >= 4 is 51.3 Å². The summed E-state index contributed by atoms with van der Waals surface area (Å²) >= 11 is 3.37. The summed E-state index contributed by atoms with van der Waals surface area (Å²) in [4.78, 5) is 36.7. The molecule has 0 radical (unpaired) electrons. The molecule has 8 nitrogen and oxygen atoms in total. The fourth-order valence-electron chi connectivity index (χ4n) is 3.46. The largest absolute Gasteiger partial charge is 0.478 e. The quantitative estimate of drug-likeness (QED) is 0.343. The molecule has 0 saturated carbocycles. The number of amides is 1. The highest BCUT2D eigenvalue weighted by Crippen LogP contribution is 2.31. The number of aromatic carboxylic acids is 1. The van der Waals surface area contributed by atoms with E-state index in [1.807, 2.05) is 0 Å². The van der Waals surface area contributed by atoms with Crippen LogP contribution in [0.5, 0.6) is 0 Å². The zero-order chi connectivity index (χ0) is 24.4. The minimum atomic E-state index is -1.09. The third-order valence-corrected chi connectivity index (χ3v) is 5.55. The lowest BCUT2D eigenvalue weighted by molar-refractivity contribution is -0.114. The van der Waals surface area contributed by atoms with Crippen LogP contribution in [0.25, 0.3) is 17.4 Å². The summed E-state index contributed by atoms with van der Waals surface area (Å²) in [6, 6.07) is 14.6. The van der Waals surface area contributed by atoms with E-state index >= 15 is 0 Å². The first-order valence-electron chi connectivity index (χ1n) is 10.3. The number of esters is 1. The molecule has 0 bridgehead atoms. The van der Waals surface area contributed by atoms with Crippen LogP contribution in [-0.2, 0) is 9.53 Å². The first kappa shape index (κ1) is 23.2. The molecule has 1 amide bonds. The van der Waals surface area contributed by atoms with Crippen molar-refractivity contribution in [1.82, 2.24) is 0 Å². The fraction of sp³-hybridized carbons (Fsp3) is 0.120. The number of halogens is 1. The number of carbonyl (C=O) groups is 3. The number of rotatable bonds is 6. The van der Waals surface area contributed by atoms with Gasteiger partial charge in [0.25, 0.3) is 5.91 Å². The van der Waals surface area contributed by atoms with Gasteiger partial charge in [0.05, 0.1) is 34.7 Å². The van der Waals surface area contributed by atoms with Crippen molar-refractivity contribution in [2.24, 2.45) is 5.10 Å². The van der Waals surface area contributed by atoms with Crippen molar-refractivity contribution < 1.29 is 28.6 Å². The maximum atomic E-state index is 13.0. The summed E-state index contributed by atoms with van der Waals surface area (Å²) < 4.78 is 11.8. The Hall–Kier alpha value is -3.98. The van der Waals surface area contributed by atoms with Gasteiger partial charge >= 0.3 is 11.9 Å². The zero-order valence-corrected chi connectivity index (χ0v) is 19.8. The molecular weight excluding hydrogens is 504 g/mol. The second-order valence-electron chi connectivity index (χ2n) is 7.33. The van der Waals surface area contributed by atoms with Gasteiger partial charge in [-0.25, -0.2) is 9.59 Å². The number of hydrazone groups is 1. The van der Waals surface area contributed by atoms with Gasteiger partial charge in [-0.3, -0.25) is 4.79 Å². The maximum Gasteiger partial charge on any atom is 0.338 e. The third-order valence-electron chi connectivity index (χ3n) is 5.06. The number of furan rings is 1. The van der Waals surface area contributed by atoms with Crippen molar-refractivity contribution in [3.63, 3.8) is 0 Å². The molecule has 1 aliphatic heterocycles. The third kappa shape index (κ3) is 4.55. The summed E-state index contributed by atoms with van der Waals surface area (Å²) in [6.45, 7) is 3.66. The number of ether oxygens (including phenoxy) is 1. The van der Waals surface area contributed by atoms with E-state index in [9.17, 15) is 19.5 Å². The Morgan fingerprint density at radius 1 is 1.18 bits per heavy atom. The molecule has 9 heteroatoms. The molecule has 1 N–H and O–H groups in total. The highest BCUT2D eigenvalue weighted by molar-refractivity contribution is 9.10. The topological polar surface area (TPSA) is 109 Å². The van der Waals surface area contributed by atoms with Crippen LogP contribution in [0.3, 0.4) is 0 Å². The van der Waals surface area contributed by atoms with E-state index in [1.54, 1.807) is 62.4 Å². The molecule has 34 heavy (non-hydrogen) atoms. The molecule has 1 aliphatic rings. The predicted octanol–water partition coefficient (Wildman–Crippen LogP) is 5.39. The average molecular weight is 523 g/mol. The second-order valence-corrected chi connectivity index (χ2v) is 8.24. The number of hydrogen-bond acceptors (Lipinski definition) is 6. The van der Waals surface area contributed by atoms with Crippen LogP contribution in [0.4, 0.5) is 5.69 Å². The lowest BCUT2D eigenvalue weighted by Gasteiger charge is -2.12. The molecule has 0 fully saturated rings. The fourth-order valence-corrected chi connectivity index (χ4v) is 3.82. The number of carboxylic acids is 1. The van der Waals surface area contributed by atoms with E-state index < -0.39 is 17.8 Å². The molecule has 0 saturated heterocycles. The SMILES string of the molecule is CCOC(=O)c1cc(Br)ccc1-c1ccc(/C=C2\C(=O)N(c3cccc(C(=O)O)c3)N=C2C)o1. The van der Waals surface area contributed by atoms with Gasteiger partial charge in [0, 0.05) is 10.0 Å². The summed E-state index contributed by atoms with van der Waals surface area (Å²) in [5.74, 6) is -1.14. The van der Waals surface area contributed by atoms with Gasteiger partial charge in [0.2, 0.25) is 0 Å². The van der Waals surface area contributed by atoms with Crippen LogP contribution in [0.15, 0.2) is 74.2 Å². The Balaban J connectivity index is 1.64. The second kappa shape index (κ2) is 9.48. The van der Waals surface area contributed by atoms with Crippen molar-refractivity contribution in [1.29, 1.82) is 0 Å². The van der Waals surface area contributed by atoms with Gasteiger partial charge in [-0.2, -0.15) is 10.1 Å². The number of anilines is 1. The highest BCUT2D eigenvalue weighted by Gasteiger charge is 2.29. The number of hydrogen-bond donors (Lipinski definition) is 1. The van der Waals surface area contributed by atoms with Crippen molar-refractivity contribution in [3.8, 4) is 11.3 Å². The first-order valence-corrected chi connectivity index (χ1v) is 11.1. The molecule has 2 aromatic carbocycles. The summed E-state index contributed by atoms with van der Waals surface area (Å²) in [6.07, 6.45) is 1.56. The number of nitrogens with zero attached hydrogens (tertiary/aromatic N) is 2. The Morgan fingerprint density at radius 2 is 1.97 bits per heavy atom. The Kier molecular flexibility index (Phi) is 6.47. The molecule has 0 spiro atoms. The standard InChI is InChI=1S/C25H19BrN2O6/c1-3-33-25(32)21-12-16(26)7-9-19(21)22-10-8-18(34-22)13-20-14(2)27-28(23(20)29)17-6-4-5-15(11-17)24(30)31/h4-13H,3H2,1-2H3,(H,30,31)/b20-13-. The van der Waals surface area contributed by atoms with E-state index in [0.29, 0.717) is 39.6 Å². The minimum absolute atomic E-state index is 0.0539. The molecule has 172 valence electrons. The summed E-state index contributed by atoms with van der Waals surface area (Å²) in [7, 11) is 0. The van der Waals surface area contributed by atoms with Crippen LogP contribution in [-0.4, -0.2) is 35.3 Å². The molecule has 2 heterocycles.